The van der Waals surface area contributed by atoms with Crippen LogP contribution in [0.15, 0.2) is 235 Å². The monoisotopic (exact) mass is 1730 g/mol. The first-order chi connectivity index (χ1) is 59.6. The quantitative estimate of drug-likeness (QED) is 0.0970. The molecule has 0 saturated heterocycles. The highest BCUT2D eigenvalue weighted by Crippen LogP contribution is 2.60. The van der Waals surface area contributed by atoms with Gasteiger partial charge in [0.1, 0.15) is 0 Å². The van der Waals surface area contributed by atoms with E-state index < -0.39 is 0 Å². The Balaban J connectivity index is 0.000000114. The molecule has 10 aromatic rings. The minimum absolute atomic E-state index is 0.291. The molecule has 0 amide bonds. The molecule has 0 fully saturated rings. The van der Waals surface area contributed by atoms with E-state index in [-0.39, 0.29) is 27.1 Å². The van der Waals surface area contributed by atoms with Gasteiger partial charge in [-0.3, -0.25) is 24.0 Å². The molecule has 5 aromatic heterocycles. The molecule has 10 aliphatic rings. The summed E-state index contributed by atoms with van der Waals surface area (Å²) in [5.74, 6) is 5.88. The Hall–Kier alpha value is -8.70. The van der Waals surface area contributed by atoms with Crippen LogP contribution in [-0.4, -0.2) is 53.8 Å². The zero-order valence-electron chi connectivity index (χ0n) is 74.3. The normalized spacial score (nSPS) is 26.0. The number of hydrogen-bond donors (Lipinski definition) is 0. The van der Waals surface area contributed by atoms with E-state index in [2.05, 4.69) is 254 Å². The van der Waals surface area contributed by atoms with E-state index in [1.807, 2.05) is 39.7 Å². The standard InChI is InChI=1S/3C22H25NOS.2C21H23NOS/c3*1-4-22(17-8-6-5-7-9-17)20-16(11-18-21(22)25-13-23-18)10-15(14(2)3)12-19(20)24;2*1-3-14-10-15-12-17-20(24-13-22-17)21(4-2,19(15)18(23)11-14)16-8-6-5-7-9-16/h3*5-9,13-15H,4,10-12H2,1-3H3;2*5-9,13-14H,3-4,10-12H2,1-2H3/t15-,22+;15-,22-;;14-,21+;14-,21-/m01.01/s1. The fourth-order valence-corrected chi connectivity index (χ4v) is 29.3. The van der Waals surface area contributed by atoms with Crippen molar-refractivity contribution >= 4 is 85.6 Å². The second-order valence-electron chi connectivity index (χ2n) is 37.3. The summed E-state index contributed by atoms with van der Waals surface area (Å²) in [6.45, 7) is 28.9. The van der Waals surface area contributed by atoms with Crippen LogP contribution in [0.1, 0.15) is 280 Å². The molecule has 0 N–H and O–H groups in total. The lowest BCUT2D eigenvalue weighted by molar-refractivity contribution is -0.118. The fourth-order valence-electron chi connectivity index (χ4n) is 23.7. The predicted octanol–water partition coefficient (Wildman–Crippen LogP) is 26.1. The van der Waals surface area contributed by atoms with Gasteiger partial charge in [-0.1, -0.05) is 282 Å². The van der Waals surface area contributed by atoms with E-state index in [1.54, 1.807) is 56.7 Å². The molecular formula is C108H121N5O5S5. The SMILES string of the molecule is CCC1(c2ccccc2)C2=C(Cc3ncsc31)CC(C(C)C)CC2=O.CC[C@@H]1CC(=O)C2=C(Cc3ncsc3[C@]2(CC)c2ccccc2)C1.CC[C@@]1(c2ccccc2)C2=C(Cc3ncsc31)C[C@@H](C(C)C)CC2=O.CC[C@@]1(c2ccccc2)C2=C(Cc3ncsc31)C[C@H](C(C)C)CC2=O.CC[C@H]1CC(=O)C2=C(Cc3ncsc3[C@]2(CC)c2ccccc2)C1. The largest absolute Gasteiger partial charge is 0.294 e. The molecular weight excluding hydrogens is 1610 g/mol. The topological polar surface area (TPSA) is 150 Å². The number of aromatic nitrogens is 5. The van der Waals surface area contributed by atoms with Crippen LogP contribution >= 0.6 is 56.7 Å². The van der Waals surface area contributed by atoms with E-state index >= 15 is 0 Å². The third kappa shape index (κ3) is 15.4. The summed E-state index contributed by atoms with van der Waals surface area (Å²) in [6.07, 6.45) is 19.8. The van der Waals surface area contributed by atoms with Crippen LogP contribution in [0.2, 0.25) is 0 Å². The number of rotatable bonds is 15. The van der Waals surface area contributed by atoms with Crippen molar-refractivity contribution in [3.63, 3.8) is 0 Å². The van der Waals surface area contributed by atoms with Crippen LogP contribution < -0.4 is 0 Å². The molecule has 0 radical (unpaired) electrons. The zero-order chi connectivity index (χ0) is 86.3. The maximum Gasteiger partial charge on any atom is 0.160 e. The number of carbonyl (C=O) groups is 5. The molecule has 123 heavy (non-hydrogen) atoms. The number of hydrogen-bond acceptors (Lipinski definition) is 15. The van der Waals surface area contributed by atoms with E-state index in [0.717, 1.165) is 137 Å². The first-order valence-electron chi connectivity index (χ1n) is 45.8. The second kappa shape index (κ2) is 36.7. The zero-order valence-corrected chi connectivity index (χ0v) is 78.4. The van der Waals surface area contributed by atoms with Gasteiger partial charge in [0, 0.05) is 116 Å². The summed E-state index contributed by atoms with van der Waals surface area (Å²) in [5.41, 5.74) is 32.7. The average molecular weight is 1730 g/mol. The molecule has 0 aliphatic heterocycles. The lowest BCUT2D eigenvalue weighted by Gasteiger charge is -2.43. The minimum Gasteiger partial charge on any atom is -0.294 e. The summed E-state index contributed by atoms with van der Waals surface area (Å²) in [7, 11) is 0. The van der Waals surface area contributed by atoms with Crippen molar-refractivity contribution in [2.75, 3.05) is 0 Å². The summed E-state index contributed by atoms with van der Waals surface area (Å²) < 4.78 is 0. The Morgan fingerprint density at radius 1 is 0.268 bits per heavy atom. The smallest absolute Gasteiger partial charge is 0.160 e. The average Bonchev–Trinajstić information content (AvgIpc) is 1.73. The molecule has 2 unspecified atom stereocenters. The third-order valence-corrected chi connectivity index (χ3v) is 35.4. The summed E-state index contributed by atoms with van der Waals surface area (Å²) in [5, 5.41) is 0. The highest BCUT2D eigenvalue weighted by Gasteiger charge is 2.55. The first kappa shape index (κ1) is 87.8. The van der Waals surface area contributed by atoms with Crippen LogP contribution in [-0.2, 0) is 83.2 Å². The van der Waals surface area contributed by atoms with Gasteiger partial charge in [-0.25, -0.2) is 24.9 Å². The summed E-state index contributed by atoms with van der Waals surface area (Å²) in [4.78, 5) is 96.3. The Labute approximate surface area is 750 Å². The number of ketones is 5. The third-order valence-electron chi connectivity index (χ3n) is 30.2. The highest BCUT2D eigenvalue weighted by molar-refractivity contribution is 7.11. The Morgan fingerprint density at radius 3 is 0.634 bits per heavy atom. The number of carbonyl (C=O) groups excluding carboxylic acids is 5. The van der Waals surface area contributed by atoms with Gasteiger partial charge in [0.15, 0.2) is 28.9 Å². The first-order valence-corrected chi connectivity index (χ1v) is 50.2. The van der Waals surface area contributed by atoms with Gasteiger partial charge >= 0.3 is 0 Å². The van der Waals surface area contributed by atoms with Crippen LogP contribution in [0.3, 0.4) is 0 Å². The number of Topliss-reactive ketones (excluding diaryl/α,β-unsaturated/α-hetero) is 5. The van der Waals surface area contributed by atoms with Gasteiger partial charge in [0.25, 0.3) is 0 Å². The van der Waals surface area contributed by atoms with Crippen LogP contribution in [0.4, 0.5) is 0 Å². The molecule has 0 bridgehead atoms. The van der Waals surface area contributed by atoms with Crippen LogP contribution in [0.5, 0.6) is 0 Å². The molecule has 10 aliphatic carbocycles. The van der Waals surface area contributed by atoms with Crippen molar-refractivity contribution in [1.29, 1.82) is 0 Å². The number of allylic oxidation sites excluding steroid dienone is 10. The van der Waals surface area contributed by atoms with E-state index in [4.69, 9.17) is 0 Å². The maximum atomic E-state index is 13.3. The van der Waals surface area contributed by atoms with Crippen molar-refractivity contribution in [2.45, 2.75) is 258 Å². The van der Waals surface area contributed by atoms with Gasteiger partial charge in [0.05, 0.1) is 83.1 Å². The van der Waals surface area contributed by atoms with Crippen molar-refractivity contribution in [2.24, 2.45) is 47.3 Å². The van der Waals surface area contributed by atoms with Crippen molar-refractivity contribution in [1.82, 2.24) is 24.9 Å². The van der Waals surface area contributed by atoms with E-state index in [1.165, 1.54) is 109 Å². The lowest BCUT2D eigenvalue weighted by Crippen LogP contribution is -2.41. The highest BCUT2D eigenvalue weighted by atomic mass is 32.1. The molecule has 10 atom stereocenters. The molecule has 5 aromatic carbocycles. The van der Waals surface area contributed by atoms with Crippen LogP contribution in [0, 0.1) is 47.3 Å². The molecule has 5 heterocycles. The number of nitrogens with zero attached hydrogens (tertiary/aromatic N) is 5. The number of benzene rings is 5. The maximum absolute atomic E-state index is 13.3. The Kier molecular flexibility index (Phi) is 26.2. The van der Waals surface area contributed by atoms with Gasteiger partial charge in [-0.15, -0.1) is 56.7 Å². The van der Waals surface area contributed by atoms with Crippen molar-refractivity contribution < 1.29 is 24.0 Å². The molecule has 20 rings (SSSR count). The molecule has 10 nitrogen and oxygen atoms in total. The summed E-state index contributed by atoms with van der Waals surface area (Å²) >= 11 is 8.59. The summed E-state index contributed by atoms with van der Waals surface area (Å²) in [6, 6.07) is 53.0. The Bertz CT molecular complexity index is 5260. The molecule has 638 valence electrons. The van der Waals surface area contributed by atoms with Crippen LogP contribution in [0.25, 0.3) is 0 Å². The Morgan fingerprint density at radius 2 is 0.455 bits per heavy atom. The number of thiazole rings is 5. The van der Waals surface area contributed by atoms with Crippen molar-refractivity contribution in [3.05, 3.63) is 316 Å². The lowest BCUT2D eigenvalue weighted by atomic mass is 9.60. The van der Waals surface area contributed by atoms with Gasteiger partial charge in [-0.2, -0.15) is 0 Å². The predicted molar refractivity (Wildman–Crippen MR) is 506 cm³/mol. The minimum atomic E-state index is -0.301. The molecule has 15 heteroatoms. The van der Waals surface area contributed by atoms with Gasteiger partial charge < -0.3 is 0 Å². The van der Waals surface area contributed by atoms with Gasteiger partial charge in [0.2, 0.25) is 0 Å². The van der Waals surface area contributed by atoms with Gasteiger partial charge in [-0.05, 0) is 139 Å². The second-order valence-corrected chi connectivity index (χ2v) is 41.5. The molecule has 0 spiro atoms. The fraction of sp³-hybridized carbons (Fsp3) is 0.444. The van der Waals surface area contributed by atoms with Crippen molar-refractivity contribution in [3.8, 4) is 0 Å². The van der Waals surface area contributed by atoms with E-state index in [0.29, 0.717) is 108 Å². The molecule has 0 saturated carbocycles. The number of fused-ring (bicyclic) bond motifs is 5. The van der Waals surface area contributed by atoms with E-state index in [9.17, 15) is 24.0 Å².